The quantitative estimate of drug-likeness (QED) is 0.813. The maximum Gasteiger partial charge on any atom is 0.0240 e. The van der Waals surface area contributed by atoms with E-state index in [-0.39, 0.29) is 0 Å². The zero-order chi connectivity index (χ0) is 12.3. The van der Waals surface area contributed by atoms with Gasteiger partial charge in [-0.15, -0.1) is 0 Å². The highest BCUT2D eigenvalue weighted by Crippen LogP contribution is 2.23. The van der Waals surface area contributed by atoms with Gasteiger partial charge in [-0.25, -0.2) is 0 Å². The number of hydrogen-bond donors (Lipinski definition) is 1. The number of piperidine rings is 1. The van der Waals surface area contributed by atoms with Crippen LogP contribution in [0, 0.1) is 5.92 Å². The molecule has 0 atom stereocenters. The first-order valence-electron chi connectivity index (χ1n) is 6.69. The molecule has 1 fully saturated rings. The second-order valence-electron chi connectivity index (χ2n) is 5.41. The Labute approximate surface area is 104 Å². The van der Waals surface area contributed by atoms with Crippen LogP contribution in [0.3, 0.4) is 0 Å². The van der Waals surface area contributed by atoms with Crippen molar-refractivity contribution in [3.63, 3.8) is 0 Å². The van der Waals surface area contributed by atoms with Crippen molar-refractivity contribution < 1.29 is 5.21 Å². The number of nitrogens with zero attached hydrogens (tertiary/aromatic N) is 2. The summed E-state index contributed by atoms with van der Waals surface area (Å²) in [6.45, 7) is 10.1. The molecule has 3 nitrogen and oxygen atoms in total. The standard InChI is InChI=1S/C14H24N2O/c1-12(2)14-6-8-15(11-14)7-3-13-4-9-16(17)10-5-13/h11,13,17H,1,3-10H2,2H3. The van der Waals surface area contributed by atoms with E-state index in [2.05, 4.69) is 24.6 Å². The molecule has 0 radical (unpaired) electrons. The van der Waals surface area contributed by atoms with Crippen LogP contribution in [0.15, 0.2) is 23.9 Å². The summed E-state index contributed by atoms with van der Waals surface area (Å²) in [5.41, 5.74) is 2.62. The van der Waals surface area contributed by atoms with Gasteiger partial charge in [0.1, 0.15) is 0 Å². The van der Waals surface area contributed by atoms with Crippen molar-refractivity contribution >= 4 is 0 Å². The molecule has 0 spiro atoms. The van der Waals surface area contributed by atoms with E-state index < -0.39 is 0 Å². The minimum Gasteiger partial charge on any atom is -0.377 e. The van der Waals surface area contributed by atoms with Gasteiger partial charge in [0, 0.05) is 32.4 Å². The molecule has 3 heteroatoms. The first-order valence-corrected chi connectivity index (χ1v) is 6.69. The van der Waals surface area contributed by atoms with Crippen molar-refractivity contribution in [2.75, 3.05) is 26.2 Å². The molecular weight excluding hydrogens is 212 g/mol. The summed E-state index contributed by atoms with van der Waals surface area (Å²) in [6, 6.07) is 0. The zero-order valence-electron chi connectivity index (χ0n) is 10.9. The van der Waals surface area contributed by atoms with Crippen LogP contribution in [0.25, 0.3) is 0 Å². The van der Waals surface area contributed by atoms with Crippen molar-refractivity contribution in [2.24, 2.45) is 5.92 Å². The Morgan fingerprint density at radius 1 is 1.41 bits per heavy atom. The smallest absolute Gasteiger partial charge is 0.0240 e. The number of rotatable bonds is 4. The van der Waals surface area contributed by atoms with Gasteiger partial charge in [0.25, 0.3) is 0 Å². The largest absolute Gasteiger partial charge is 0.377 e. The van der Waals surface area contributed by atoms with Crippen molar-refractivity contribution in [2.45, 2.75) is 32.6 Å². The Morgan fingerprint density at radius 2 is 2.12 bits per heavy atom. The van der Waals surface area contributed by atoms with E-state index in [0.717, 1.165) is 51.4 Å². The maximum absolute atomic E-state index is 9.31. The van der Waals surface area contributed by atoms with Crippen LogP contribution in [0.4, 0.5) is 0 Å². The highest BCUT2D eigenvalue weighted by molar-refractivity contribution is 5.28. The lowest BCUT2D eigenvalue weighted by Gasteiger charge is -2.28. The first-order chi connectivity index (χ1) is 8.15. The Hall–Kier alpha value is -0.800. The van der Waals surface area contributed by atoms with Crippen LogP contribution in [0.1, 0.15) is 32.6 Å². The van der Waals surface area contributed by atoms with Crippen LogP contribution >= 0.6 is 0 Å². The average Bonchev–Trinajstić information content (AvgIpc) is 2.77. The van der Waals surface area contributed by atoms with E-state index >= 15 is 0 Å². The molecule has 0 saturated carbocycles. The first kappa shape index (κ1) is 12.7. The molecule has 0 aliphatic carbocycles. The molecule has 1 saturated heterocycles. The fourth-order valence-electron chi connectivity index (χ4n) is 2.67. The van der Waals surface area contributed by atoms with E-state index in [1.165, 1.54) is 22.6 Å². The van der Waals surface area contributed by atoms with Crippen molar-refractivity contribution in [3.05, 3.63) is 23.9 Å². The van der Waals surface area contributed by atoms with E-state index in [9.17, 15) is 5.21 Å². The third-order valence-electron chi connectivity index (χ3n) is 3.97. The molecule has 2 aliphatic rings. The molecule has 0 unspecified atom stereocenters. The normalized spacial score (nSPS) is 22.9. The molecule has 96 valence electrons. The van der Waals surface area contributed by atoms with E-state index in [1.807, 2.05) is 0 Å². The molecule has 0 aromatic carbocycles. The van der Waals surface area contributed by atoms with Crippen molar-refractivity contribution in [3.8, 4) is 0 Å². The fraction of sp³-hybridized carbons (Fsp3) is 0.714. The van der Waals surface area contributed by atoms with Crippen LogP contribution in [-0.4, -0.2) is 41.3 Å². The number of allylic oxidation sites excluding steroid dienone is 1. The lowest BCUT2D eigenvalue weighted by atomic mass is 9.94. The van der Waals surface area contributed by atoms with Crippen LogP contribution < -0.4 is 0 Å². The van der Waals surface area contributed by atoms with Crippen molar-refractivity contribution in [1.29, 1.82) is 0 Å². The molecular formula is C14H24N2O. The second kappa shape index (κ2) is 5.69. The number of hydroxylamine groups is 2. The summed E-state index contributed by atoms with van der Waals surface area (Å²) in [5, 5.41) is 10.8. The predicted octanol–water partition coefficient (Wildman–Crippen LogP) is 2.64. The van der Waals surface area contributed by atoms with E-state index in [0.29, 0.717) is 0 Å². The van der Waals surface area contributed by atoms with E-state index in [4.69, 9.17) is 0 Å². The lowest BCUT2D eigenvalue weighted by molar-refractivity contribution is -0.112. The van der Waals surface area contributed by atoms with E-state index in [1.54, 1.807) is 0 Å². The van der Waals surface area contributed by atoms with Gasteiger partial charge in [-0.1, -0.05) is 12.2 Å². The fourth-order valence-corrected chi connectivity index (χ4v) is 2.67. The van der Waals surface area contributed by atoms with Crippen LogP contribution in [-0.2, 0) is 0 Å². The molecule has 17 heavy (non-hydrogen) atoms. The summed E-state index contributed by atoms with van der Waals surface area (Å²) < 4.78 is 0. The lowest BCUT2D eigenvalue weighted by Crippen LogP contribution is -2.32. The molecule has 2 rings (SSSR count). The molecule has 0 aromatic heterocycles. The van der Waals surface area contributed by atoms with Crippen LogP contribution in [0.5, 0.6) is 0 Å². The van der Waals surface area contributed by atoms with Gasteiger partial charge in [0.15, 0.2) is 0 Å². The highest BCUT2D eigenvalue weighted by Gasteiger charge is 2.19. The topological polar surface area (TPSA) is 26.7 Å². The molecule has 0 amide bonds. The van der Waals surface area contributed by atoms with Gasteiger partial charge >= 0.3 is 0 Å². The summed E-state index contributed by atoms with van der Waals surface area (Å²) in [6.07, 6.45) is 6.98. The van der Waals surface area contributed by atoms with Gasteiger partial charge in [-0.05, 0) is 44.1 Å². The van der Waals surface area contributed by atoms with Crippen LogP contribution in [0.2, 0.25) is 0 Å². The third kappa shape index (κ3) is 3.58. The molecule has 0 aromatic rings. The Balaban J connectivity index is 1.71. The van der Waals surface area contributed by atoms with Gasteiger partial charge in [0.2, 0.25) is 0 Å². The maximum atomic E-state index is 9.31. The average molecular weight is 236 g/mol. The van der Waals surface area contributed by atoms with Gasteiger partial charge in [0.05, 0.1) is 0 Å². The monoisotopic (exact) mass is 236 g/mol. The Bertz CT molecular complexity index is 303. The zero-order valence-corrected chi connectivity index (χ0v) is 10.9. The summed E-state index contributed by atoms with van der Waals surface area (Å²) in [4.78, 5) is 2.43. The Kier molecular flexibility index (Phi) is 4.24. The summed E-state index contributed by atoms with van der Waals surface area (Å²) >= 11 is 0. The number of hydrogen-bond acceptors (Lipinski definition) is 3. The van der Waals surface area contributed by atoms with Gasteiger partial charge in [-0.2, -0.15) is 5.06 Å². The molecule has 2 heterocycles. The summed E-state index contributed by atoms with van der Waals surface area (Å²) in [7, 11) is 0. The SMILES string of the molecule is C=C(C)C1=CN(CCC2CCN(O)CC2)CC1. The van der Waals surface area contributed by atoms with Crippen molar-refractivity contribution in [1.82, 2.24) is 9.96 Å². The predicted molar refractivity (Wildman–Crippen MR) is 69.8 cm³/mol. The summed E-state index contributed by atoms with van der Waals surface area (Å²) in [5.74, 6) is 0.792. The van der Waals surface area contributed by atoms with Gasteiger partial charge < -0.3 is 10.1 Å². The minimum absolute atomic E-state index is 0.792. The third-order valence-corrected chi connectivity index (χ3v) is 3.97. The second-order valence-corrected chi connectivity index (χ2v) is 5.41. The minimum atomic E-state index is 0.792. The Morgan fingerprint density at radius 3 is 2.71 bits per heavy atom. The molecule has 0 bridgehead atoms. The van der Waals surface area contributed by atoms with Gasteiger partial charge in [-0.3, -0.25) is 0 Å². The molecule has 1 N–H and O–H groups in total. The molecule has 2 aliphatic heterocycles. The highest BCUT2D eigenvalue weighted by atomic mass is 16.5.